The Morgan fingerprint density at radius 3 is 1.41 bits per heavy atom. The first-order valence-electron chi connectivity index (χ1n) is 13.3. The van der Waals surface area contributed by atoms with Gasteiger partial charge in [-0.05, 0) is 93.6 Å². The lowest BCUT2D eigenvalue weighted by molar-refractivity contribution is -0.146. The number of halogens is 2. The average molecular weight is 871 g/mol. The van der Waals surface area contributed by atoms with Gasteiger partial charge in [-0.2, -0.15) is 0 Å². The fourth-order valence-corrected chi connectivity index (χ4v) is 6.48. The summed E-state index contributed by atoms with van der Waals surface area (Å²) in [6, 6.07) is 7.91. The Bertz CT molecular complexity index is 1340. The normalized spacial score (nSPS) is 11.8. The Morgan fingerprint density at radius 2 is 1.07 bits per heavy atom. The molecule has 16 nitrogen and oxygen atoms in total. The molecule has 0 fully saturated rings. The number of rotatable bonds is 21. The van der Waals surface area contributed by atoms with Crippen LogP contribution in [0.15, 0.2) is 36.4 Å². The third kappa shape index (κ3) is 13.4. The summed E-state index contributed by atoms with van der Waals surface area (Å²) in [5.74, 6) is -6.69. The maximum atomic E-state index is 12.6. The minimum absolute atomic E-state index is 0.0787. The number of carboxylic acid groups (broad SMARTS) is 6. The van der Waals surface area contributed by atoms with Gasteiger partial charge in [-0.25, -0.2) is 4.79 Å². The number of carbonyl (C=O) groups is 6. The predicted molar refractivity (Wildman–Crippen MR) is 175 cm³/mol. The maximum absolute atomic E-state index is 12.6. The fourth-order valence-electron chi connectivity index (χ4n) is 4.36. The molecule has 6 N–H and O–H groups in total. The van der Waals surface area contributed by atoms with Crippen molar-refractivity contribution in [1.29, 1.82) is 0 Å². The molecule has 0 bridgehead atoms. The van der Waals surface area contributed by atoms with Gasteiger partial charge in [0.25, 0.3) is 0 Å². The van der Waals surface area contributed by atoms with E-state index in [2.05, 4.69) is 0 Å². The van der Waals surface area contributed by atoms with Crippen molar-refractivity contribution in [1.82, 2.24) is 14.7 Å². The van der Waals surface area contributed by atoms with E-state index in [0.29, 0.717) is 24.2 Å². The van der Waals surface area contributed by atoms with Crippen LogP contribution in [0.4, 0.5) is 0 Å². The Balaban J connectivity index is 2.37. The number of nitrogens with zero attached hydrogens (tertiary/aromatic N) is 3. The minimum Gasteiger partial charge on any atom is -0.480 e. The highest BCUT2D eigenvalue weighted by atomic mass is 127. The maximum Gasteiger partial charge on any atom is 0.335 e. The summed E-state index contributed by atoms with van der Waals surface area (Å²) in [6.07, 6.45) is -0.0787. The molecule has 0 saturated heterocycles. The van der Waals surface area contributed by atoms with Crippen molar-refractivity contribution in [2.75, 3.05) is 52.4 Å². The minimum atomic E-state index is -1.29. The zero-order valence-electron chi connectivity index (χ0n) is 24.0. The van der Waals surface area contributed by atoms with Gasteiger partial charge in [-0.3, -0.25) is 38.7 Å². The van der Waals surface area contributed by atoms with Gasteiger partial charge in [0.15, 0.2) is 5.75 Å². The molecule has 18 heteroatoms. The van der Waals surface area contributed by atoms with Gasteiger partial charge < -0.3 is 35.4 Å². The average Bonchev–Trinajstić information content (AvgIpc) is 2.92. The van der Waals surface area contributed by atoms with Gasteiger partial charge in [0, 0.05) is 26.2 Å². The van der Waals surface area contributed by atoms with Crippen LogP contribution in [0, 0.1) is 7.14 Å². The van der Waals surface area contributed by atoms with Crippen molar-refractivity contribution >= 4 is 81.0 Å². The number of carboxylic acids is 6. The van der Waals surface area contributed by atoms with Crippen LogP contribution in [-0.4, -0.2) is 140 Å². The smallest absolute Gasteiger partial charge is 0.335 e. The molecule has 46 heavy (non-hydrogen) atoms. The molecule has 0 saturated carbocycles. The van der Waals surface area contributed by atoms with Crippen LogP contribution in [0.25, 0.3) is 0 Å². The number of hydrogen-bond acceptors (Lipinski definition) is 10. The molecule has 0 radical (unpaired) electrons. The largest absolute Gasteiger partial charge is 0.480 e. The van der Waals surface area contributed by atoms with Crippen molar-refractivity contribution in [3.8, 4) is 11.5 Å². The summed E-state index contributed by atoms with van der Waals surface area (Å²) in [5, 5.41) is 56.2. The molecular formula is C28H31I2N3O13. The molecule has 2 aromatic rings. The van der Waals surface area contributed by atoms with Gasteiger partial charge in [0.2, 0.25) is 0 Å². The van der Waals surface area contributed by atoms with Gasteiger partial charge in [0.1, 0.15) is 11.8 Å². The number of aromatic carboxylic acids is 1. The SMILES string of the molecule is O=C(O)CN(CCN(CCN(CC(=O)O)CC(=O)O)[C@@H](Cc1cc(I)c(Oc2ccc(C(=O)O)cc2)c(I)c1)C(=O)O)CC(=O)O. The third-order valence-electron chi connectivity index (χ3n) is 6.38. The summed E-state index contributed by atoms with van der Waals surface area (Å²) in [5.41, 5.74) is 0.653. The van der Waals surface area contributed by atoms with Gasteiger partial charge in [0.05, 0.1) is 38.9 Å². The molecule has 0 spiro atoms. The van der Waals surface area contributed by atoms with Crippen LogP contribution in [0.5, 0.6) is 11.5 Å². The molecule has 2 aromatic carbocycles. The molecule has 0 heterocycles. The van der Waals surface area contributed by atoms with E-state index in [0.717, 1.165) is 9.80 Å². The van der Waals surface area contributed by atoms with Crippen LogP contribution >= 0.6 is 45.2 Å². The standard InChI is InChI=1S/C28H31I2N3O13/c29-19-9-16(10-20(30)26(19)46-18-3-1-17(2-4-18)27(42)43)11-21(28(44)45)33(7-5-31(12-22(34)35)13-23(36)37)8-6-32(14-24(38)39)15-25(40)41/h1-4,9-10,21H,5-8,11-15H2,(H,34,35)(H,36,37)(H,38,39)(H,40,41)(H,42,43)(H,44,45)/t21-/m0/s1. The number of hydrogen-bond donors (Lipinski definition) is 6. The number of ether oxygens (including phenoxy) is 1. The van der Waals surface area contributed by atoms with Crippen LogP contribution < -0.4 is 4.74 Å². The van der Waals surface area contributed by atoms with E-state index in [-0.39, 0.29) is 38.2 Å². The van der Waals surface area contributed by atoms with Crippen molar-refractivity contribution in [3.05, 3.63) is 54.7 Å². The monoisotopic (exact) mass is 871 g/mol. The topological polar surface area (TPSA) is 243 Å². The first-order chi connectivity index (χ1) is 21.5. The predicted octanol–water partition coefficient (Wildman–Crippen LogP) is 1.63. The Morgan fingerprint density at radius 1 is 0.652 bits per heavy atom. The molecule has 2 rings (SSSR count). The second-order valence-electron chi connectivity index (χ2n) is 9.91. The molecule has 1 atom stereocenters. The molecule has 250 valence electrons. The van der Waals surface area contributed by atoms with E-state index in [9.17, 15) is 54.3 Å². The van der Waals surface area contributed by atoms with Crippen LogP contribution in [0.2, 0.25) is 0 Å². The van der Waals surface area contributed by atoms with Crippen molar-refractivity contribution in [3.63, 3.8) is 0 Å². The second-order valence-corrected chi connectivity index (χ2v) is 12.2. The van der Waals surface area contributed by atoms with Gasteiger partial charge in [-0.15, -0.1) is 0 Å². The molecule has 0 unspecified atom stereocenters. The molecular weight excluding hydrogens is 840 g/mol. The van der Waals surface area contributed by atoms with Crippen LogP contribution in [0.1, 0.15) is 15.9 Å². The van der Waals surface area contributed by atoms with E-state index in [1.807, 2.05) is 45.2 Å². The Kier molecular flexibility index (Phi) is 15.5. The molecule has 0 aliphatic carbocycles. The Hall–Kier alpha value is -3.60. The van der Waals surface area contributed by atoms with E-state index in [1.165, 1.54) is 29.2 Å². The first kappa shape index (κ1) is 38.6. The van der Waals surface area contributed by atoms with Crippen LogP contribution in [-0.2, 0) is 30.4 Å². The van der Waals surface area contributed by atoms with Gasteiger partial charge >= 0.3 is 35.8 Å². The molecule has 0 amide bonds. The molecule has 0 aromatic heterocycles. The zero-order valence-corrected chi connectivity index (χ0v) is 28.4. The first-order valence-corrected chi connectivity index (χ1v) is 15.5. The summed E-state index contributed by atoms with van der Waals surface area (Å²) >= 11 is 4.02. The highest BCUT2D eigenvalue weighted by Gasteiger charge is 2.29. The lowest BCUT2D eigenvalue weighted by atomic mass is 10.0. The van der Waals surface area contributed by atoms with Crippen molar-refractivity contribution < 1.29 is 64.1 Å². The number of aliphatic carboxylic acids is 5. The molecule has 0 aliphatic heterocycles. The highest BCUT2D eigenvalue weighted by Crippen LogP contribution is 2.33. The second kappa shape index (κ2) is 18.5. The van der Waals surface area contributed by atoms with E-state index < -0.39 is 68.0 Å². The number of benzene rings is 2. The van der Waals surface area contributed by atoms with Crippen LogP contribution in [0.3, 0.4) is 0 Å². The lowest BCUT2D eigenvalue weighted by Gasteiger charge is -2.32. The van der Waals surface area contributed by atoms with Gasteiger partial charge in [-0.1, -0.05) is 0 Å². The Labute approximate surface area is 289 Å². The summed E-state index contributed by atoms with van der Waals surface area (Å²) in [4.78, 5) is 72.5. The lowest BCUT2D eigenvalue weighted by Crippen LogP contribution is -2.50. The van der Waals surface area contributed by atoms with Crippen molar-refractivity contribution in [2.24, 2.45) is 0 Å². The molecule has 0 aliphatic rings. The zero-order chi connectivity index (χ0) is 34.6. The highest BCUT2D eigenvalue weighted by molar-refractivity contribution is 14.1. The summed E-state index contributed by atoms with van der Waals surface area (Å²) in [6.45, 7) is -3.10. The third-order valence-corrected chi connectivity index (χ3v) is 7.98. The van der Waals surface area contributed by atoms with Crippen molar-refractivity contribution in [2.45, 2.75) is 12.5 Å². The fraction of sp³-hybridized carbons (Fsp3) is 0.357. The summed E-state index contributed by atoms with van der Waals surface area (Å²) < 4.78 is 7.17. The quantitative estimate of drug-likeness (QED) is 0.0977. The van der Waals surface area contributed by atoms with E-state index in [1.54, 1.807) is 12.1 Å². The van der Waals surface area contributed by atoms with E-state index >= 15 is 0 Å². The summed E-state index contributed by atoms with van der Waals surface area (Å²) in [7, 11) is 0. The van der Waals surface area contributed by atoms with E-state index in [4.69, 9.17) is 9.84 Å².